The van der Waals surface area contributed by atoms with Gasteiger partial charge in [-0.1, -0.05) is 206 Å². The van der Waals surface area contributed by atoms with Gasteiger partial charge in [-0.2, -0.15) is 0 Å². The Hall–Kier alpha value is -6.24. The van der Waals surface area contributed by atoms with E-state index in [9.17, 15) is 0 Å². The van der Waals surface area contributed by atoms with E-state index in [1.807, 2.05) is 0 Å². The topological polar surface area (TPSA) is 0 Å². The average molecular weight is 611 g/mol. The van der Waals surface area contributed by atoms with Crippen molar-refractivity contribution in [2.75, 3.05) is 0 Å². The third-order valence-electron chi connectivity index (χ3n) is 9.09. The molecule has 0 saturated heterocycles. The highest BCUT2D eigenvalue weighted by Crippen LogP contribution is 2.55. The van der Waals surface area contributed by atoms with E-state index >= 15 is 0 Å². The molecule has 48 heavy (non-hydrogen) atoms. The van der Waals surface area contributed by atoms with Crippen LogP contribution in [0, 0.1) is 0 Å². The minimum Gasteiger partial charge on any atom is -0.0622 e. The monoisotopic (exact) mass is 610 g/mol. The minimum absolute atomic E-state index is 1.18. The number of hydrogen-bond acceptors (Lipinski definition) is 0. The lowest BCUT2D eigenvalue weighted by molar-refractivity contribution is 1.51. The van der Waals surface area contributed by atoms with Crippen LogP contribution in [-0.4, -0.2) is 0 Å². The molecule has 0 bridgehead atoms. The fourth-order valence-electron chi connectivity index (χ4n) is 6.97. The van der Waals surface area contributed by atoms with Crippen molar-refractivity contribution < 1.29 is 0 Å². The van der Waals surface area contributed by atoms with Gasteiger partial charge in [0.2, 0.25) is 0 Å². The fourth-order valence-corrected chi connectivity index (χ4v) is 6.97. The molecule has 0 nitrogen and oxygen atoms in total. The third-order valence-corrected chi connectivity index (χ3v) is 9.09. The van der Waals surface area contributed by atoms with Crippen molar-refractivity contribution in [2.24, 2.45) is 0 Å². The summed E-state index contributed by atoms with van der Waals surface area (Å²) in [5, 5.41) is 0. The van der Waals surface area contributed by atoms with Crippen molar-refractivity contribution in [3.05, 3.63) is 206 Å². The summed E-state index contributed by atoms with van der Waals surface area (Å²) >= 11 is 0. The largest absolute Gasteiger partial charge is 0.0622 e. The third kappa shape index (κ3) is 5.55. The number of hydrogen-bond donors (Lipinski definition) is 0. The molecule has 8 rings (SSSR count). The van der Waals surface area contributed by atoms with Crippen molar-refractivity contribution in [3.8, 4) is 77.9 Å². The van der Waals surface area contributed by atoms with E-state index in [1.54, 1.807) is 0 Å². The maximum atomic E-state index is 2.31. The molecular formula is C48H34. The lowest BCUT2D eigenvalue weighted by Crippen LogP contribution is -2.02. The van der Waals surface area contributed by atoms with E-state index in [4.69, 9.17) is 0 Å². The summed E-state index contributed by atoms with van der Waals surface area (Å²) in [7, 11) is 0. The van der Waals surface area contributed by atoms with Crippen LogP contribution < -0.4 is 0 Å². The van der Waals surface area contributed by atoms with Crippen LogP contribution >= 0.6 is 0 Å². The SMILES string of the molecule is c1ccc(-c2ccc(-c3c(-c4ccccc4)c(-c4ccccc4)c(-c4ccccc4)c(-c4ccccc4)c3-c3ccccc3)cc2)cc1. The van der Waals surface area contributed by atoms with Crippen LogP contribution in [0.1, 0.15) is 0 Å². The van der Waals surface area contributed by atoms with Crippen LogP contribution in [0.25, 0.3) is 77.9 Å². The quantitative estimate of drug-likeness (QED) is 0.168. The van der Waals surface area contributed by atoms with Gasteiger partial charge in [-0.05, 0) is 77.9 Å². The van der Waals surface area contributed by atoms with Crippen LogP contribution in [0.3, 0.4) is 0 Å². The molecule has 0 heteroatoms. The standard InChI is InChI=1S/C48H34/c1-7-19-35(20-8-1)36-31-33-42(34-32-36)48-46(40-27-15-5-16-28-40)44(38-23-11-3-12-24-38)43(37-21-9-2-10-22-37)45(39-25-13-4-14-26-39)47(48)41-29-17-6-18-30-41/h1-34H. The summed E-state index contributed by atoms with van der Waals surface area (Å²) in [4.78, 5) is 0. The average Bonchev–Trinajstić information content (AvgIpc) is 3.19. The van der Waals surface area contributed by atoms with E-state index in [1.165, 1.54) is 77.9 Å². The lowest BCUT2D eigenvalue weighted by Gasteiger charge is -2.28. The summed E-state index contributed by atoms with van der Waals surface area (Å²) in [5.74, 6) is 0. The van der Waals surface area contributed by atoms with Gasteiger partial charge >= 0.3 is 0 Å². The molecule has 0 N–H and O–H groups in total. The van der Waals surface area contributed by atoms with Crippen LogP contribution in [0.5, 0.6) is 0 Å². The van der Waals surface area contributed by atoms with Crippen molar-refractivity contribution in [3.63, 3.8) is 0 Å². The predicted molar refractivity (Wildman–Crippen MR) is 204 cm³/mol. The second kappa shape index (κ2) is 13.2. The molecule has 0 saturated carbocycles. The Labute approximate surface area is 283 Å². The van der Waals surface area contributed by atoms with Gasteiger partial charge in [-0.15, -0.1) is 0 Å². The molecular weight excluding hydrogens is 577 g/mol. The zero-order valence-electron chi connectivity index (χ0n) is 26.6. The molecule has 226 valence electrons. The van der Waals surface area contributed by atoms with Crippen molar-refractivity contribution >= 4 is 0 Å². The summed E-state index contributed by atoms with van der Waals surface area (Å²) in [5.41, 5.74) is 16.9. The Kier molecular flexibility index (Phi) is 8.05. The first-order valence-corrected chi connectivity index (χ1v) is 16.5. The van der Waals surface area contributed by atoms with E-state index in [0.29, 0.717) is 0 Å². The van der Waals surface area contributed by atoms with Gasteiger partial charge in [0.05, 0.1) is 0 Å². The van der Waals surface area contributed by atoms with E-state index < -0.39 is 0 Å². The zero-order valence-corrected chi connectivity index (χ0v) is 26.6. The van der Waals surface area contributed by atoms with Crippen molar-refractivity contribution in [1.82, 2.24) is 0 Å². The molecule has 0 spiro atoms. The van der Waals surface area contributed by atoms with Crippen molar-refractivity contribution in [2.45, 2.75) is 0 Å². The highest BCUT2D eigenvalue weighted by Gasteiger charge is 2.28. The number of benzene rings is 8. The Balaban J connectivity index is 1.61. The second-order valence-electron chi connectivity index (χ2n) is 12.0. The maximum Gasteiger partial charge on any atom is -0.00139 e. The maximum absolute atomic E-state index is 2.31. The van der Waals surface area contributed by atoms with Crippen LogP contribution in [-0.2, 0) is 0 Å². The van der Waals surface area contributed by atoms with Gasteiger partial charge in [0.15, 0.2) is 0 Å². The second-order valence-corrected chi connectivity index (χ2v) is 12.0. The molecule has 0 aromatic heterocycles. The van der Waals surface area contributed by atoms with Gasteiger partial charge < -0.3 is 0 Å². The van der Waals surface area contributed by atoms with Gasteiger partial charge in [0.1, 0.15) is 0 Å². The molecule has 0 aliphatic rings. The highest BCUT2D eigenvalue weighted by atomic mass is 14.3. The molecule has 8 aromatic carbocycles. The Bertz CT molecular complexity index is 2150. The highest BCUT2D eigenvalue weighted by molar-refractivity contribution is 6.15. The minimum atomic E-state index is 1.18. The smallest absolute Gasteiger partial charge is 0.00139 e. The molecule has 8 aromatic rings. The van der Waals surface area contributed by atoms with Gasteiger partial charge in [-0.25, -0.2) is 0 Å². The van der Waals surface area contributed by atoms with E-state index in [-0.39, 0.29) is 0 Å². The molecule has 0 atom stereocenters. The van der Waals surface area contributed by atoms with Crippen LogP contribution in [0.4, 0.5) is 0 Å². The summed E-state index contributed by atoms with van der Waals surface area (Å²) in [6.45, 7) is 0. The molecule has 0 aliphatic carbocycles. The van der Waals surface area contributed by atoms with Gasteiger partial charge in [0, 0.05) is 0 Å². The Morgan fingerprint density at radius 3 is 0.500 bits per heavy atom. The Morgan fingerprint density at radius 1 is 0.125 bits per heavy atom. The number of rotatable bonds is 7. The molecule has 0 amide bonds. The zero-order chi connectivity index (χ0) is 32.1. The molecule has 0 fully saturated rings. The normalized spacial score (nSPS) is 10.9. The molecule has 0 radical (unpaired) electrons. The van der Waals surface area contributed by atoms with Crippen molar-refractivity contribution in [1.29, 1.82) is 0 Å². The summed E-state index contributed by atoms with van der Waals surface area (Å²) < 4.78 is 0. The van der Waals surface area contributed by atoms with Crippen LogP contribution in [0.15, 0.2) is 206 Å². The van der Waals surface area contributed by atoms with E-state index in [0.717, 1.165) is 0 Å². The molecule has 0 unspecified atom stereocenters. The molecule has 0 aliphatic heterocycles. The first-order valence-electron chi connectivity index (χ1n) is 16.5. The predicted octanol–water partition coefficient (Wildman–Crippen LogP) is 13.4. The Morgan fingerprint density at radius 2 is 0.271 bits per heavy atom. The summed E-state index contributed by atoms with van der Waals surface area (Å²) in [6, 6.07) is 74.4. The van der Waals surface area contributed by atoms with Crippen LogP contribution in [0.2, 0.25) is 0 Å². The van der Waals surface area contributed by atoms with Gasteiger partial charge in [-0.3, -0.25) is 0 Å². The first kappa shape index (κ1) is 29.2. The first-order chi connectivity index (χ1) is 23.9. The van der Waals surface area contributed by atoms with Gasteiger partial charge in [0.25, 0.3) is 0 Å². The summed E-state index contributed by atoms with van der Waals surface area (Å²) in [6.07, 6.45) is 0. The molecule has 0 heterocycles. The lowest BCUT2D eigenvalue weighted by atomic mass is 9.74. The van der Waals surface area contributed by atoms with E-state index in [2.05, 4.69) is 206 Å². The fraction of sp³-hybridized carbons (Fsp3) is 0.